The van der Waals surface area contributed by atoms with Crippen molar-refractivity contribution in [3.8, 4) is 0 Å². The first-order chi connectivity index (χ1) is 18.0. The molecule has 2 fully saturated rings. The van der Waals surface area contributed by atoms with Gasteiger partial charge in [0, 0.05) is 32.1 Å². The molecule has 2 aliphatic rings. The molecule has 10 heteroatoms. The number of carbonyl (C=O) groups excluding carboxylic acids is 1. The number of hydrogen-bond acceptors (Lipinski definition) is 4. The lowest BCUT2D eigenvalue weighted by atomic mass is 9.84. The molecule has 0 bridgehead atoms. The van der Waals surface area contributed by atoms with Gasteiger partial charge >= 0.3 is 12.2 Å². The summed E-state index contributed by atoms with van der Waals surface area (Å²) in [6.07, 6.45) is -3.39. The molecule has 2 aromatic carbocycles. The Balaban J connectivity index is 1.61. The highest BCUT2D eigenvalue weighted by molar-refractivity contribution is 5.86. The van der Waals surface area contributed by atoms with Crippen molar-refractivity contribution in [2.45, 2.75) is 37.5 Å². The second-order valence-electron chi connectivity index (χ2n) is 9.76. The first-order valence-corrected chi connectivity index (χ1v) is 12.5. The van der Waals surface area contributed by atoms with E-state index >= 15 is 0 Å². The number of halogens is 4. The highest BCUT2D eigenvalue weighted by Gasteiger charge is 2.37. The van der Waals surface area contributed by atoms with Gasteiger partial charge in [-0.15, -0.1) is 0 Å². The highest BCUT2D eigenvalue weighted by atomic mass is 19.4. The van der Waals surface area contributed by atoms with Crippen LogP contribution in [0.4, 0.5) is 22.4 Å². The van der Waals surface area contributed by atoms with Crippen molar-refractivity contribution in [3.63, 3.8) is 0 Å². The van der Waals surface area contributed by atoms with Gasteiger partial charge in [0.15, 0.2) is 5.90 Å². The Bertz CT molecular complexity index is 1160. The summed E-state index contributed by atoms with van der Waals surface area (Å²) >= 11 is 0. The molecule has 2 unspecified atom stereocenters. The number of amides is 2. The van der Waals surface area contributed by atoms with Crippen LogP contribution < -0.4 is 0 Å². The first-order valence-electron chi connectivity index (χ1n) is 12.5. The Morgan fingerprint density at radius 2 is 1.66 bits per heavy atom. The molecule has 2 atom stereocenters. The van der Waals surface area contributed by atoms with Crippen molar-refractivity contribution >= 4 is 17.6 Å². The summed E-state index contributed by atoms with van der Waals surface area (Å²) in [6.45, 7) is 5.46. The minimum atomic E-state index is -4.44. The minimum Gasteiger partial charge on any atom is -0.484 e. The van der Waals surface area contributed by atoms with Gasteiger partial charge in [-0.2, -0.15) is 13.2 Å². The number of aliphatic hydroxyl groups excluding tert-OH is 1. The quantitative estimate of drug-likeness (QED) is 0.319. The van der Waals surface area contributed by atoms with Gasteiger partial charge in [-0.3, -0.25) is 0 Å². The van der Waals surface area contributed by atoms with Crippen LogP contribution in [0.1, 0.15) is 41.9 Å². The van der Waals surface area contributed by atoms with Crippen LogP contribution in [0.25, 0.3) is 5.70 Å². The third-order valence-corrected chi connectivity index (χ3v) is 7.15. The van der Waals surface area contributed by atoms with Gasteiger partial charge in [-0.05, 0) is 66.8 Å². The molecule has 2 saturated heterocycles. The SMILES string of the molecule is C=C(N=C(OC)C1CC(c2ccc(C(F)(F)F)cc2)CN(C(=O)N2CCC(O)CC2)C1)c1ccc(F)cc1. The molecule has 0 saturated carbocycles. The summed E-state index contributed by atoms with van der Waals surface area (Å²) in [4.78, 5) is 21.4. The fraction of sp³-hybridized carbons (Fsp3) is 0.429. The fourth-order valence-electron chi connectivity index (χ4n) is 5.02. The Kier molecular flexibility index (Phi) is 8.40. The number of methoxy groups -OCH3 is 1. The number of aliphatic hydroxyl groups is 1. The molecule has 2 aliphatic heterocycles. The average molecular weight is 534 g/mol. The molecule has 0 spiro atoms. The maximum absolute atomic E-state index is 13.4. The van der Waals surface area contributed by atoms with E-state index in [1.807, 2.05) is 0 Å². The number of urea groups is 1. The number of benzene rings is 2. The maximum Gasteiger partial charge on any atom is 0.416 e. The van der Waals surface area contributed by atoms with E-state index < -0.39 is 17.8 Å². The molecule has 2 aromatic rings. The summed E-state index contributed by atoms with van der Waals surface area (Å²) in [6, 6.07) is 10.6. The van der Waals surface area contributed by atoms with Crippen molar-refractivity contribution in [1.82, 2.24) is 9.80 Å². The van der Waals surface area contributed by atoms with E-state index in [-0.39, 0.29) is 23.7 Å². The van der Waals surface area contributed by atoms with Crippen molar-refractivity contribution in [1.29, 1.82) is 0 Å². The molecule has 204 valence electrons. The average Bonchev–Trinajstić information content (AvgIpc) is 2.91. The Labute approximate surface area is 219 Å². The fourth-order valence-corrected chi connectivity index (χ4v) is 5.02. The number of piperidine rings is 2. The second kappa shape index (κ2) is 11.6. The van der Waals surface area contributed by atoms with Gasteiger partial charge in [0.2, 0.25) is 0 Å². The van der Waals surface area contributed by atoms with Crippen LogP contribution in [0, 0.1) is 11.7 Å². The minimum absolute atomic E-state index is 0.189. The summed E-state index contributed by atoms with van der Waals surface area (Å²) in [5, 5.41) is 9.84. The number of carbonyl (C=O) groups is 1. The van der Waals surface area contributed by atoms with E-state index in [9.17, 15) is 27.5 Å². The van der Waals surface area contributed by atoms with Crippen molar-refractivity contribution in [2.24, 2.45) is 10.9 Å². The maximum atomic E-state index is 13.4. The van der Waals surface area contributed by atoms with Crippen LogP contribution in [-0.4, -0.2) is 66.2 Å². The lowest BCUT2D eigenvalue weighted by molar-refractivity contribution is -0.137. The summed E-state index contributed by atoms with van der Waals surface area (Å²) in [7, 11) is 1.47. The Hall–Kier alpha value is -3.40. The number of ether oxygens (including phenoxy) is 1. The van der Waals surface area contributed by atoms with E-state index in [0.29, 0.717) is 68.2 Å². The number of nitrogens with zero attached hydrogens (tertiary/aromatic N) is 3. The van der Waals surface area contributed by atoms with Gasteiger partial charge in [-0.1, -0.05) is 18.7 Å². The molecule has 0 aromatic heterocycles. The van der Waals surface area contributed by atoms with Crippen molar-refractivity contribution in [3.05, 3.63) is 77.6 Å². The summed E-state index contributed by atoms with van der Waals surface area (Å²) in [5.74, 6) is -0.654. The third-order valence-electron chi connectivity index (χ3n) is 7.15. The van der Waals surface area contributed by atoms with Crippen LogP contribution in [0.3, 0.4) is 0 Å². The molecule has 2 amide bonds. The molecule has 38 heavy (non-hydrogen) atoms. The number of rotatable bonds is 4. The predicted molar refractivity (Wildman–Crippen MR) is 136 cm³/mol. The Morgan fingerprint density at radius 1 is 1.03 bits per heavy atom. The van der Waals surface area contributed by atoms with Crippen LogP contribution >= 0.6 is 0 Å². The largest absolute Gasteiger partial charge is 0.484 e. The van der Waals surface area contributed by atoms with E-state index in [4.69, 9.17) is 4.74 Å². The molecule has 0 radical (unpaired) electrons. The van der Waals surface area contributed by atoms with E-state index in [1.165, 1.54) is 31.4 Å². The normalized spacial score (nSPS) is 21.4. The predicted octanol–water partition coefficient (Wildman–Crippen LogP) is 5.54. The molecular formula is C28H31F4N3O3. The van der Waals surface area contributed by atoms with Crippen LogP contribution in [0.15, 0.2) is 60.1 Å². The van der Waals surface area contributed by atoms with Gasteiger partial charge in [0.1, 0.15) is 5.82 Å². The molecule has 4 rings (SSSR count). The molecule has 6 nitrogen and oxygen atoms in total. The monoisotopic (exact) mass is 533 g/mol. The number of hydrogen-bond donors (Lipinski definition) is 1. The van der Waals surface area contributed by atoms with E-state index in [0.717, 1.165) is 12.1 Å². The van der Waals surface area contributed by atoms with Crippen molar-refractivity contribution < 1.29 is 32.2 Å². The summed E-state index contributed by atoms with van der Waals surface area (Å²) < 4.78 is 58.3. The standard InChI is InChI=1S/C28H31F4N3O3/c1-18(19-5-9-24(29)10-6-19)33-26(38-2)22-15-21(20-3-7-23(8-4-20)28(30,31)32)16-35(17-22)27(37)34-13-11-25(36)12-14-34/h3-10,21-22,25,36H,1,11-17H2,2H3. The van der Waals surface area contributed by atoms with Gasteiger partial charge < -0.3 is 19.6 Å². The topological polar surface area (TPSA) is 65.4 Å². The summed E-state index contributed by atoms with van der Waals surface area (Å²) in [5.41, 5.74) is 0.919. The molecule has 0 aliphatic carbocycles. The van der Waals surface area contributed by atoms with E-state index in [2.05, 4.69) is 11.6 Å². The molecule has 2 heterocycles. The van der Waals surface area contributed by atoms with Gasteiger partial charge in [-0.25, -0.2) is 14.2 Å². The zero-order valence-electron chi connectivity index (χ0n) is 21.1. The number of aliphatic imine (C=N–C) groups is 1. The van der Waals surface area contributed by atoms with Gasteiger partial charge in [0.25, 0.3) is 0 Å². The van der Waals surface area contributed by atoms with Crippen LogP contribution in [0.2, 0.25) is 0 Å². The van der Waals surface area contributed by atoms with Crippen molar-refractivity contribution in [2.75, 3.05) is 33.3 Å². The lowest BCUT2D eigenvalue weighted by Crippen LogP contribution is -2.53. The zero-order chi connectivity index (χ0) is 27.4. The van der Waals surface area contributed by atoms with E-state index in [1.54, 1.807) is 21.9 Å². The van der Waals surface area contributed by atoms with Crippen LogP contribution in [0.5, 0.6) is 0 Å². The Morgan fingerprint density at radius 3 is 2.24 bits per heavy atom. The molecular weight excluding hydrogens is 502 g/mol. The number of likely N-dealkylation sites (tertiary alicyclic amines) is 2. The van der Waals surface area contributed by atoms with Gasteiger partial charge in [0.05, 0.1) is 30.4 Å². The number of alkyl halides is 3. The third kappa shape index (κ3) is 6.53. The molecule has 1 N–H and O–H groups in total. The highest BCUT2D eigenvalue weighted by Crippen LogP contribution is 2.35. The smallest absolute Gasteiger partial charge is 0.416 e. The van der Waals surface area contributed by atoms with Crippen LogP contribution in [-0.2, 0) is 10.9 Å². The second-order valence-corrected chi connectivity index (χ2v) is 9.76. The zero-order valence-corrected chi connectivity index (χ0v) is 21.1. The first kappa shape index (κ1) is 27.6. The lowest BCUT2D eigenvalue weighted by Gasteiger charge is -2.41.